The third-order valence-electron chi connectivity index (χ3n) is 5.98. The molecule has 0 aromatic heterocycles. The molecular formula is C21H30N4O3. The standard InChI is InChI=1S/C21H30N4O3/c1-3-14(2)19-20(27)23-16-8-5-4-7-15(16)13-25(19)21(28)17-9-6-11-24(17)12-10-18(22)26/h4-5,7-8,14,17,19H,3,6,9-13H2,1-2H3,(H2,22,26)(H,23,27). The van der Waals surface area contributed by atoms with E-state index in [0.717, 1.165) is 37.1 Å². The Labute approximate surface area is 166 Å². The van der Waals surface area contributed by atoms with E-state index in [1.165, 1.54) is 0 Å². The number of carbonyl (C=O) groups is 3. The number of nitrogens with two attached hydrogens (primary N) is 1. The van der Waals surface area contributed by atoms with Crippen molar-refractivity contribution in [2.24, 2.45) is 11.7 Å². The Hall–Kier alpha value is -2.41. The SMILES string of the molecule is CCC(C)C1C(=O)Nc2ccccc2CN1C(=O)C1CCCN1CCC(N)=O. The molecule has 3 N–H and O–H groups in total. The predicted molar refractivity (Wildman–Crippen MR) is 107 cm³/mol. The molecule has 3 atom stereocenters. The molecule has 152 valence electrons. The van der Waals surface area contributed by atoms with Crippen LogP contribution in [0.25, 0.3) is 0 Å². The van der Waals surface area contributed by atoms with Gasteiger partial charge in [-0.15, -0.1) is 0 Å². The molecular weight excluding hydrogens is 356 g/mol. The van der Waals surface area contributed by atoms with E-state index in [9.17, 15) is 14.4 Å². The van der Waals surface area contributed by atoms with Crippen LogP contribution in [-0.2, 0) is 20.9 Å². The number of fused-ring (bicyclic) bond motifs is 1. The molecule has 0 aliphatic carbocycles. The molecule has 7 heteroatoms. The van der Waals surface area contributed by atoms with Gasteiger partial charge in [0.15, 0.2) is 0 Å². The molecule has 2 aliphatic heterocycles. The summed E-state index contributed by atoms with van der Waals surface area (Å²) in [5.74, 6) is -0.481. The van der Waals surface area contributed by atoms with Gasteiger partial charge < -0.3 is 16.0 Å². The van der Waals surface area contributed by atoms with Crippen molar-refractivity contribution in [3.63, 3.8) is 0 Å². The Morgan fingerprint density at radius 2 is 2.07 bits per heavy atom. The average Bonchev–Trinajstić information content (AvgIpc) is 3.08. The summed E-state index contributed by atoms with van der Waals surface area (Å²) in [6.45, 7) is 5.71. The minimum absolute atomic E-state index is 0.0286. The van der Waals surface area contributed by atoms with Crippen molar-refractivity contribution in [2.45, 2.75) is 58.2 Å². The lowest BCUT2D eigenvalue weighted by Crippen LogP contribution is -2.54. The van der Waals surface area contributed by atoms with E-state index in [1.54, 1.807) is 4.90 Å². The largest absolute Gasteiger partial charge is 0.370 e. The average molecular weight is 386 g/mol. The smallest absolute Gasteiger partial charge is 0.247 e. The minimum Gasteiger partial charge on any atom is -0.370 e. The lowest BCUT2D eigenvalue weighted by Gasteiger charge is -2.36. The van der Waals surface area contributed by atoms with Gasteiger partial charge in [-0.05, 0) is 36.9 Å². The van der Waals surface area contributed by atoms with Crippen molar-refractivity contribution < 1.29 is 14.4 Å². The summed E-state index contributed by atoms with van der Waals surface area (Å²) < 4.78 is 0. The first-order valence-electron chi connectivity index (χ1n) is 10.1. The van der Waals surface area contributed by atoms with Crippen molar-refractivity contribution >= 4 is 23.4 Å². The number of hydrogen-bond acceptors (Lipinski definition) is 4. The van der Waals surface area contributed by atoms with Gasteiger partial charge in [0, 0.05) is 25.2 Å². The fourth-order valence-corrected chi connectivity index (χ4v) is 4.23. The second-order valence-electron chi connectivity index (χ2n) is 7.85. The molecule has 3 amide bonds. The molecule has 1 aromatic carbocycles. The summed E-state index contributed by atoms with van der Waals surface area (Å²) in [5, 5.41) is 3.01. The van der Waals surface area contributed by atoms with Gasteiger partial charge in [0.1, 0.15) is 6.04 Å². The number of amides is 3. The Morgan fingerprint density at radius 1 is 1.32 bits per heavy atom. The Bertz CT molecular complexity index is 751. The third-order valence-corrected chi connectivity index (χ3v) is 5.98. The lowest BCUT2D eigenvalue weighted by atomic mass is 9.95. The van der Waals surface area contributed by atoms with E-state index >= 15 is 0 Å². The number of carbonyl (C=O) groups excluding carboxylic acids is 3. The zero-order valence-corrected chi connectivity index (χ0v) is 16.7. The molecule has 1 saturated heterocycles. The number of nitrogens with zero attached hydrogens (tertiary/aromatic N) is 2. The van der Waals surface area contributed by atoms with E-state index < -0.39 is 6.04 Å². The maximum Gasteiger partial charge on any atom is 0.247 e. The van der Waals surface area contributed by atoms with Crippen LogP contribution in [0.5, 0.6) is 0 Å². The van der Waals surface area contributed by atoms with Gasteiger partial charge in [-0.25, -0.2) is 0 Å². The molecule has 0 radical (unpaired) electrons. The number of rotatable bonds is 6. The van der Waals surface area contributed by atoms with Gasteiger partial charge in [0.25, 0.3) is 0 Å². The van der Waals surface area contributed by atoms with Crippen LogP contribution in [0.3, 0.4) is 0 Å². The molecule has 3 unspecified atom stereocenters. The highest BCUT2D eigenvalue weighted by Crippen LogP contribution is 2.30. The maximum absolute atomic E-state index is 13.6. The van der Waals surface area contributed by atoms with Gasteiger partial charge in [-0.2, -0.15) is 0 Å². The molecule has 1 fully saturated rings. The fraction of sp³-hybridized carbons (Fsp3) is 0.571. The van der Waals surface area contributed by atoms with Crippen LogP contribution < -0.4 is 11.1 Å². The fourth-order valence-electron chi connectivity index (χ4n) is 4.23. The van der Waals surface area contributed by atoms with Gasteiger partial charge in [0.2, 0.25) is 17.7 Å². The number of primary amides is 1. The van der Waals surface area contributed by atoms with Crippen molar-refractivity contribution in [2.75, 3.05) is 18.4 Å². The number of nitrogens with one attached hydrogen (secondary N) is 1. The van der Waals surface area contributed by atoms with Crippen molar-refractivity contribution in [3.05, 3.63) is 29.8 Å². The van der Waals surface area contributed by atoms with E-state index in [4.69, 9.17) is 5.73 Å². The van der Waals surface area contributed by atoms with Crippen molar-refractivity contribution in [1.29, 1.82) is 0 Å². The molecule has 3 rings (SSSR count). The predicted octanol–water partition coefficient (Wildman–Crippen LogP) is 1.72. The molecule has 0 spiro atoms. The Balaban J connectivity index is 1.89. The normalized spacial score (nSPS) is 23.6. The van der Waals surface area contributed by atoms with Crippen LogP contribution in [0.15, 0.2) is 24.3 Å². The van der Waals surface area contributed by atoms with E-state index in [-0.39, 0.29) is 36.1 Å². The zero-order chi connectivity index (χ0) is 20.3. The van der Waals surface area contributed by atoms with Crippen molar-refractivity contribution in [1.82, 2.24) is 9.80 Å². The number of anilines is 1. The molecule has 0 bridgehead atoms. The Morgan fingerprint density at radius 3 is 2.79 bits per heavy atom. The van der Waals surface area contributed by atoms with Crippen LogP contribution in [-0.4, -0.2) is 52.7 Å². The summed E-state index contributed by atoms with van der Waals surface area (Å²) in [4.78, 5) is 41.6. The topological polar surface area (TPSA) is 95.7 Å². The van der Waals surface area contributed by atoms with E-state index in [2.05, 4.69) is 5.32 Å². The van der Waals surface area contributed by atoms with Crippen molar-refractivity contribution in [3.8, 4) is 0 Å². The minimum atomic E-state index is -0.511. The van der Waals surface area contributed by atoms with Gasteiger partial charge >= 0.3 is 0 Å². The van der Waals surface area contributed by atoms with E-state index in [0.29, 0.717) is 13.1 Å². The van der Waals surface area contributed by atoms with Crippen LogP contribution in [0.4, 0.5) is 5.69 Å². The summed E-state index contributed by atoms with van der Waals surface area (Å²) in [6.07, 6.45) is 2.68. The van der Waals surface area contributed by atoms with Crippen LogP contribution in [0, 0.1) is 5.92 Å². The van der Waals surface area contributed by atoms with Gasteiger partial charge in [0.05, 0.1) is 6.04 Å². The monoisotopic (exact) mass is 386 g/mol. The highest BCUT2D eigenvalue weighted by Gasteiger charge is 2.41. The summed E-state index contributed by atoms with van der Waals surface area (Å²) in [6, 6.07) is 6.83. The Kier molecular flexibility index (Phi) is 6.34. The zero-order valence-electron chi connectivity index (χ0n) is 16.7. The number of benzene rings is 1. The summed E-state index contributed by atoms with van der Waals surface area (Å²) in [5.41, 5.74) is 7.01. The van der Waals surface area contributed by atoms with Crippen LogP contribution in [0.1, 0.15) is 45.1 Å². The number of likely N-dealkylation sites (tertiary alicyclic amines) is 1. The first-order valence-corrected chi connectivity index (χ1v) is 10.1. The molecule has 2 heterocycles. The molecule has 1 aromatic rings. The van der Waals surface area contributed by atoms with Gasteiger partial charge in [-0.1, -0.05) is 38.5 Å². The van der Waals surface area contributed by atoms with Crippen LogP contribution >= 0.6 is 0 Å². The lowest BCUT2D eigenvalue weighted by molar-refractivity contribution is -0.145. The number of hydrogen-bond donors (Lipinski definition) is 2. The first-order chi connectivity index (χ1) is 13.4. The third kappa shape index (κ3) is 4.19. The second-order valence-corrected chi connectivity index (χ2v) is 7.85. The molecule has 7 nitrogen and oxygen atoms in total. The maximum atomic E-state index is 13.6. The highest BCUT2D eigenvalue weighted by molar-refractivity contribution is 5.99. The summed E-state index contributed by atoms with van der Waals surface area (Å²) >= 11 is 0. The first kappa shape index (κ1) is 20.3. The van der Waals surface area contributed by atoms with E-state index in [1.807, 2.05) is 43.0 Å². The summed E-state index contributed by atoms with van der Waals surface area (Å²) in [7, 11) is 0. The molecule has 2 aliphatic rings. The molecule has 0 saturated carbocycles. The molecule has 28 heavy (non-hydrogen) atoms. The second kappa shape index (κ2) is 8.73. The van der Waals surface area contributed by atoms with Crippen LogP contribution in [0.2, 0.25) is 0 Å². The number of para-hydroxylation sites is 1. The van der Waals surface area contributed by atoms with Gasteiger partial charge in [-0.3, -0.25) is 19.3 Å². The highest BCUT2D eigenvalue weighted by atomic mass is 16.2. The quantitative estimate of drug-likeness (QED) is 0.778.